The summed E-state index contributed by atoms with van der Waals surface area (Å²) in [7, 11) is 1.70. The maximum atomic E-state index is 5.54. The van der Waals surface area contributed by atoms with Crippen LogP contribution in [0.25, 0.3) is 0 Å². The lowest BCUT2D eigenvalue weighted by Gasteiger charge is -2.19. The molecule has 0 radical (unpaired) electrons. The zero-order valence-corrected chi connectivity index (χ0v) is 14.4. The molecule has 0 N–H and O–H groups in total. The molecule has 6 nitrogen and oxygen atoms in total. The third-order valence-electron chi connectivity index (χ3n) is 4.81. The van der Waals surface area contributed by atoms with Crippen molar-refractivity contribution in [1.82, 2.24) is 14.7 Å². The largest absolute Gasteiger partial charge is 0.496 e. The summed E-state index contributed by atoms with van der Waals surface area (Å²) in [4.78, 5) is 2.45. The normalized spacial score (nSPS) is 19.9. The molecule has 3 heterocycles. The molecule has 24 heavy (non-hydrogen) atoms. The summed E-state index contributed by atoms with van der Waals surface area (Å²) in [5, 5.41) is 4.64. The van der Waals surface area contributed by atoms with Crippen LogP contribution >= 0.6 is 0 Å². The number of benzene rings is 1. The molecule has 0 bridgehead atoms. The fourth-order valence-corrected chi connectivity index (χ4v) is 3.69. The van der Waals surface area contributed by atoms with Gasteiger partial charge in [0.25, 0.3) is 0 Å². The second kappa shape index (κ2) is 6.02. The van der Waals surface area contributed by atoms with Crippen molar-refractivity contribution in [1.29, 1.82) is 0 Å². The fraction of sp³-hybridized carbons (Fsp3) is 0.500. The van der Waals surface area contributed by atoms with E-state index in [0.29, 0.717) is 6.04 Å². The summed E-state index contributed by atoms with van der Waals surface area (Å²) >= 11 is 0. The number of methoxy groups -OCH3 is 1. The number of ether oxygens (including phenoxy) is 3. The van der Waals surface area contributed by atoms with Crippen molar-refractivity contribution in [3.63, 3.8) is 0 Å². The van der Waals surface area contributed by atoms with Crippen molar-refractivity contribution in [2.24, 2.45) is 0 Å². The highest BCUT2D eigenvalue weighted by atomic mass is 16.7. The molecule has 128 valence electrons. The lowest BCUT2D eigenvalue weighted by Crippen LogP contribution is -2.22. The zero-order chi connectivity index (χ0) is 16.7. The van der Waals surface area contributed by atoms with E-state index in [2.05, 4.69) is 27.7 Å². The molecule has 0 amide bonds. The predicted molar refractivity (Wildman–Crippen MR) is 89.7 cm³/mol. The highest BCUT2D eigenvalue weighted by Gasteiger charge is 2.27. The van der Waals surface area contributed by atoms with E-state index in [0.717, 1.165) is 54.6 Å². The van der Waals surface area contributed by atoms with Crippen molar-refractivity contribution in [2.75, 3.05) is 27.0 Å². The van der Waals surface area contributed by atoms with Gasteiger partial charge in [-0.3, -0.25) is 9.58 Å². The summed E-state index contributed by atoms with van der Waals surface area (Å²) in [5.74, 6) is 2.42. The first-order valence-electron chi connectivity index (χ1n) is 8.35. The van der Waals surface area contributed by atoms with Crippen LogP contribution in [0.2, 0.25) is 0 Å². The van der Waals surface area contributed by atoms with Crippen LogP contribution in [0, 0.1) is 13.8 Å². The van der Waals surface area contributed by atoms with E-state index in [1.807, 2.05) is 19.1 Å². The molecule has 0 aliphatic carbocycles. The molecular weight excluding hydrogens is 306 g/mol. The van der Waals surface area contributed by atoms with Crippen molar-refractivity contribution < 1.29 is 14.2 Å². The van der Waals surface area contributed by atoms with Gasteiger partial charge < -0.3 is 14.2 Å². The van der Waals surface area contributed by atoms with Crippen LogP contribution in [0.15, 0.2) is 18.2 Å². The van der Waals surface area contributed by atoms with E-state index >= 15 is 0 Å². The molecule has 6 heteroatoms. The Morgan fingerprint density at radius 3 is 2.71 bits per heavy atom. The van der Waals surface area contributed by atoms with E-state index in [1.54, 1.807) is 7.11 Å². The van der Waals surface area contributed by atoms with E-state index in [-0.39, 0.29) is 6.79 Å². The summed E-state index contributed by atoms with van der Waals surface area (Å²) < 4.78 is 18.6. The Balaban J connectivity index is 1.50. The Morgan fingerprint density at radius 2 is 2.00 bits per heavy atom. The van der Waals surface area contributed by atoms with Gasteiger partial charge in [-0.05, 0) is 32.4 Å². The van der Waals surface area contributed by atoms with Crippen molar-refractivity contribution in [2.45, 2.75) is 32.9 Å². The van der Waals surface area contributed by atoms with Crippen molar-refractivity contribution in [3.8, 4) is 17.2 Å². The van der Waals surface area contributed by atoms with Gasteiger partial charge in [-0.1, -0.05) is 0 Å². The summed E-state index contributed by atoms with van der Waals surface area (Å²) in [6.45, 7) is 7.36. The maximum Gasteiger partial charge on any atom is 0.231 e. The van der Waals surface area contributed by atoms with Gasteiger partial charge in [0.15, 0.2) is 11.5 Å². The third-order valence-corrected chi connectivity index (χ3v) is 4.81. The third kappa shape index (κ3) is 2.71. The molecule has 0 unspecified atom stereocenters. The molecule has 0 spiro atoms. The Morgan fingerprint density at radius 1 is 1.21 bits per heavy atom. The molecule has 1 saturated heterocycles. The van der Waals surface area contributed by atoms with E-state index in [1.165, 1.54) is 5.69 Å². The number of nitrogens with zero attached hydrogens (tertiary/aromatic N) is 3. The zero-order valence-electron chi connectivity index (χ0n) is 14.4. The summed E-state index contributed by atoms with van der Waals surface area (Å²) in [6.07, 6.45) is 1.12. The smallest absolute Gasteiger partial charge is 0.231 e. The minimum atomic E-state index is 0.283. The van der Waals surface area contributed by atoms with Crippen LogP contribution in [0.3, 0.4) is 0 Å². The number of likely N-dealkylation sites (tertiary alicyclic amines) is 1. The van der Waals surface area contributed by atoms with Crippen LogP contribution in [0.5, 0.6) is 17.2 Å². The molecule has 0 saturated carbocycles. The molecule has 1 fully saturated rings. The lowest BCUT2D eigenvalue weighted by atomic mass is 10.1. The second-order valence-corrected chi connectivity index (χ2v) is 6.57. The highest BCUT2D eigenvalue weighted by Crippen LogP contribution is 2.39. The van der Waals surface area contributed by atoms with E-state index in [4.69, 9.17) is 14.2 Å². The number of aryl methyl sites for hydroxylation is 2. The van der Waals surface area contributed by atoms with Gasteiger partial charge in [-0.15, -0.1) is 0 Å². The fourth-order valence-electron chi connectivity index (χ4n) is 3.69. The topological polar surface area (TPSA) is 48.8 Å². The molecule has 1 aromatic heterocycles. The number of rotatable bonds is 4. The van der Waals surface area contributed by atoms with Gasteiger partial charge in [-0.25, -0.2) is 0 Å². The molecule has 4 rings (SSSR count). The van der Waals surface area contributed by atoms with Gasteiger partial charge >= 0.3 is 0 Å². The Hall–Kier alpha value is -2.21. The van der Waals surface area contributed by atoms with Gasteiger partial charge in [0, 0.05) is 37.0 Å². The molecule has 1 atom stereocenters. The Kier molecular flexibility index (Phi) is 3.84. The van der Waals surface area contributed by atoms with Crippen LogP contribution < -0.4 is 14.2 Å². The predicted octanol–water partition coefficient (Wildman–Crippen LogP) is 2.68. The van der Waals surface area contributed by atoms with Gasteiger partial charge in [0.1, 0.15) is 5.75 Å². The highest BCUT2D eigenvalue weighted by molar-refractivity contribution is 5.51. The summed E-state index contributed by atoms with van der Waals surface area (Å²) in [5.41, 5.74) is 3.46. The molecule has 2 aromatic rings. The van der Waals surface area contributed by atoms with Crippen LogP contribution in [0.1, 0.15) is 29.4 Å². The first kappa shape index (κ1) is 15.3. The number of aromatic nitrogens is 2. The lowest BCUT2D eigenvalue weighted by molar-refractivity contribution is 0.174. The van der Waals surface area contributed by atoms with Gasteiger partial charge in [0.2, 0.25) is 6.79 Å². The first-order valence-corrected chi connectivity index (χ1v) is 8.35. The molecule has 2 aliphatic heterocycles. The first-order chi connectivity index (χ1) is 11.6. The average molecular weight is 329 g/mol. The van der Waals surface area contributed by atoms with Crippen LogP contribution in [-0.2, 0) is 6.54 Å². The summed E-state index contributed by atoms with van der Waals surface area (Å²) in [6, 6.07) is 6.55. The standard InChI is InChI=1S/C18H23N3O3/c1-12-6-13(2)21(19-12)15-4-5-20(10-15)9-14-7-17-18(24-11-23-17)8-16(14)22-3/h6-8,15H,4-5,9-11H2,1-3H3/t15-/m1/s1. The van der Waals surface area contributed by atoms with Crippen molar-refractivity contribution >= 4 is 0 Å². The monoisotopic (exact) mass is 329 g/mol. The van der Waals surface area contributed by atoms with Crippen molar-refractivity contribution in [3.05, 3.63) is 35.2 Å². The average Bonchev–Trinajstić information content (AvgIpc) is 3.26. The van der Waals surface area contributed by atoms with Gasteiger partial charge in [0.05, 0.1) is 18.8 Å². The number of hydrogen-bond acceptors (Lipinski definition) is 5. The molecular formula is C18H23N3O3. The van der Waals surface area contributed by atoms with E-state index in [9.17, 15) is 0 Å². The minimum absolute atomic E-state index is 0.283. The minimum Gasteiger partial charge on any atom is -0.496 e. The van der Waals surface area contributed by atoms with Crippen LogP contribution in [0.4, 0.5) is 0 Å². The Bertz CT molecular complexity index is 756. The van der Waals surface area contributed by atoms with Gasteiger partial charge in [-0.2, -0.15) is 5.10 Å². The van der Waals surface area contributed by atoms with E-state index < -0.39 is 0 Å². The molecule has 1 aromatic carbocycles. The number of hydrogen-bond donors (Lipinski definition) is 0. The quantitative estimate of drug-likeness (QED) is 0.863. The Labute approximate surface area is 141 Å². The SMILES string of the molecule is COc1cc2c(cc1CN1CC[C@@H](n3nc(C)cc3C)C1)OCO2. The maximum absolute atomic E-state index is 5.54. The number of fused-ring (bicyclic) bond motifs is 1. The molecule has 2 aliphatic rings. The second-order valence-electron chi connectivity index (χ2n) is 6.57. The van der Waals surface area contributed by atoms with Crippen LogP contribution in [-0.4, -0.2) is 41.7 Å².